The molecule has 1 aliphatic rings. The van der Waals surface area contributed by atoms with Crippen LogP contribution in [0.15, 0.2) is 77.8 Å². The molecule has 0 saturated carbocycles. The number of sulfonamides is 1. The van der Waals surface area contributed by atoms with Gasteiger partial charge < -0.3 is 24.6 Å². The van der Waals surface area contributed by atoms with Crippen molar-refractivity contribution in [3.63, 3.8) is 0 Å². The van der Waals surface area contributed by atoms with Crippen molar-refractivity contribution in [2.75, 3.05) is 32.1 Å². The summed E-state index contributed by atoms with van der Waals surface area (Å²) in [5, 5.41) is 13.9. The molecule has 5 rings (SSSR count). The van der Waals surface area contributed by atoms with Crippen LogP contribution in [0.25, 0.3) is 10.9 Å². The molecule has 0 aliphatic carbocycles. The van der Waals surface area contributed by atoms with E-state index in [2.05, 4.69) is 5.32 Å². The van der Waals surface area contributed by atoms with Crippen LogP contribution in [0.2, 0.25) is 0 Å². The topological polar surface area (TPSA) is 121 Å². The summed E-state index contributed by atoms with van der Waals surface area (Å²) in [6.45, 7) is 5.57. The van der Waals surface area contributed by atoms with Crippen molar-refractivity contribution >= 4 is 38.4 Å². The van der Waals surface area contributed by atoms with Gasteiger partial charge in [0.25, 0.3) is 5.91 Å². The lowest BCUT2D eigenvalue weighted by molar-refractivity contribution is -0.115. The normalized spacial score (nSPS) is 17.8. The van der Waals surface area contributed by atoms with Crippen LogP contribution in [0.3, 0.4) is 0 Å². The number of ether oxygens (including phenoxy) is 1. The van der Waals surface area contributed by atoms with Crippen LogP contribution in [-0.4, -0.2) is 78.0 Å². The van der Waals surface area contributed by atoms with Gasteiger partial charge in [-0.05, 0) is 55.8 Å². The van der Waals surface area contributed by atoms with Gasteiger partial charge in [-0.1, -0.05) is 42.8 Å². The van der Waals surface area contributed by atoms with Crippen LogP contribution < -0.4 is 10.1 Å². The monoisotopic (exact) mass is 632 g/mol. The molecule has 0 radical (unpaired) electrons. The second-order valence-corrected chi connectivity index (χ2v) is 14.0. The van der Waals surface area contributed by atoms with Gasteiger partial charge in [0.1, 0.15) is 11.9 Å². The van der Waals surface area contributed by atoms with E-state index in [1.165, 1.54) is 11.4 Å². The van der Waals surface area contributed by atoms with Gasteiger partial charge in [0, 0.05) is 49.3 Å². The van der Waals surface area contributed by atoms with Crippen LogP contribution in [-0.2, 0) is 28.3 Å². The number of aryl methyl sites for hydroxylation is 2. The van der Waals surface area contributed by atoms with Crippen molar-refractivity contribution in [3.8, 4) is 5.75 Å². The van der Waals surface area contributed by atoms with Crippen molar-refractivity contribution in [1.82, 2.24) is 13.8 Å². The minimum atomic E-state index is -3.80. The lowest BCUT2D eigenvalue weighted by Gasteiger charge is -2.38. The average Bonchev–Trinajstić information content (AvgIpc) is 3.33. The first-order chi connectivity index (χ1) is 21.4. The molecule has 0 spiro atoms. The molecular formula is C34H40N4O6S. The SMILES string of the molecule is Cc1ccc(S(=O)(=O)N(C)C[C@@H]2Oc3ccc(NC(=O)Cc4cn(C)c5ccccc45)cc3C(=O)N([C@H](C)CO)C[C@H]2C)cc1. The summed E-state index contributed by atoms with van der Waals surface area (Å²) in [6, 6.07) is 18.9. The molecule has 3 aromatic carbocycles. The lowest BCUT2D eigenvalue weighted by atomic mass is 9.99. The number of nitrogens with one attached hydrogen (secondary N) is 1. The molecule has 0 unspecified atom stereocenters. The van der Waals surface area contributed by atoms with Crippen LogP contribution in [0, 0.1) is 12.8 Å². The molecule has 0 saturated heterocycles. The molecule has 0 bridgehead atoms. The molecule has 1 aliphatic heterocycles. The van der Waals surface area contributed by atoms with Gasteiger partial charge in [-0.15, -0.1) is 0 Å². The number of nitrogens with zero attached hydrogens (tertiary/aromatic N) is 3. The summed E-state index contributed by atoms with van der Waals surface area (Å²) < 4.78 is 36.4. The van der Waals surface area contributed by atoms with E-state index in [1.807, 2.05) is 55.9 Å². The number of hydrogen-bond donors (Lipinski definition) is 2. The zero-order valence-electron chi connectivity index (χ0n) is 26.2. The third kappa shape index (κ3) is 6.75. The van der Waals surface area contributed by atoms with E-state index in [1.54, 1.807) is 54.3 Å². The summed E-state index contributed by atoms with van der Waals surface area (Å²) in [6.07, 6.45) is 1.48. The predicted molar refractivity (Wildman–Crippen MR) is 174 cm³/mol. The zero-order valence-corrected chi connectivity index (χ0v) is 27.0. The van der Waals surface area contributed by atoms with Gasteiger partial charge >= 0.3 is 0 Å². The Hall–Kier alpha value is -4.19. The van der Waals surface area contributed by atoms with Crippen LogP contribution >= 0.6 is 0 Å². The molecule has 10 nitrogen and oxygen atoms in total. The molecule has 45 heavy (non-hydrogen) atoms. The van der Waals surface area contributed by atoms with E-state index in [0.29, 0.717) is 5.69 Å². The Balaban J connectivity index is 1.41. The van der Waals surface area contributed by atoms with Gasteiger partial charge in [0.15, 0.2) is 0 Å². The van der Waals surface area contributed by atoms with E-state index in [0.717, 1.165) is 22.0 Å². The maximum absolute atomic E-state index is 13.8. The molecule has 2 heterocycles. The minimum absolute atomic E-state index is 0.0376. The molecule has 2 amide bonds. The maximum atomic E-state index is 13.8. The molecule has 11 heteroatoms. The number of likely N-dealkylation sites (N-methyl/N-ethyl adjacent to an activating group) is 1. The van der Waals surface area contributed by atoms with Crippen molar-refractivity contribution in [1.29, 1.82) is 0 Å². The highest BCUT2D eigenvalue weighted by molar-refractivity contribution is 7.89. The van der Waals surface area contributed by atoms with Gasteiger partial charge in [0.2, 0.25) is 15.9 Å². The Morgan fingerprint density at radius 3 is 2.56 bits per heavy atom. The molecule has 3 atom stereocenters. The van der Waals surface area contributed by atoms with Gasteiger partial charge in [-0.3, -0.25) is 9.59 Å². The Morgan fingerprint density at radius 2 is 1.84 bits per heavy atom. The number of benzene rings is 3. The Morgan fingerprint density at radius 1 is 1.13 bits per heavy atom. The molecule has 4 aromatic rings. The molecule has 1 aromatic heterocycles. The van der Waals surface area contributed by atoms with Crippen molar-refractivity contribution in [3.05, 3.63) is 89.6 Å². The van der Waals surface area contributed by atoms with Gasteiger partial charge in [-0.2, -0.15) is 4.31 Å². The third-order valence-corrected chi connectivity index (χ3v) is 10.3. The Bertz CT molecular complexity index is 1820. The second-order valence-electron chi connectivity index (χ2n) is 11.9. The number of carbonyl (C=O) groups excluding carboxylic acids is 2. The number of aromatic nitrogens is 1. The first kappa shape index (κ1) is 32.2. The fourth-order valence-electron chi connectivity index (χ4n) is 5.70. The van der Waals surface area contributed by atoms with E-state index in [9.17, 15) is 23.1 Å². The van der Waals surface area contributed by atoms with E-state index >= 15 is 0 Å². The van der Waals surface area contributed by atoms with E-state index in [4.69, 9.17) is 4.74 Å². The van der Waals surface area contributed by atoms with Crippen LogP contribution in [0.1, 0.15) is 35.3 Å². The number of hydrogen-bond acceptors (Lipinski definition) is 6. The fourth-order valence-corrected chi connectivity index (χ4v) is 6.89. The predicted octanol–water partition coefficient (Wildman–Crippen LogP) is 4.21. The number of para-hydroxylation sites is 1. The van der Waals surface area contributed by atoms with E-state index in [-0.39, 0.29) is 60.1 Å². The number of anilines is 1. The van der Waals surface area contributed by atoms with Crippen molar-refractivity contribution < 1.29 is 27.9 Å². The number of aliphatic hydroxyl groups excluding tert-OH is 1. The Kier molecular flexibility index (Phi) is 9.33. The first-order valence-electron chi connectivity index (χ1n) is 15.0. The molecule has 238 valence electrons. The van der Waals surface area contributed by atoms with Crippen LogP contribution in [0.4, 0.5) is 5.69 Å². The minimum Gasteiger partial charge on any atom is -0.488 e. The first-order valence-corrected chi connectivity index (χ1v) is 16.4. The standard InChI is InChI=1S/C34H40N4O6S/c1-22-10-13-27(14-11-22)45(42,43)37(5)20-32-23(2)18-38(24(3)21-39)34(41)29-17-26(12-15-31(29)44-32)35-33(40)16-25-19-36(4)30-9-7-6-8-28(25)30/h6-15,17,19,23-24,32,39H,16,18,20-21H2,1-5H3,(H,35,40)/t23-,24-,32+/m1/s1. The lowest BCUT2D eigenvalue weighted by Crippen LogP contribution is -2.50. The summed E-state index contributed by atoms with van der Waals surface area (Å²) in [5.41, 5.74) is 3.53. The summed E-state index contributed by atoms with van der Waals surface area (Å²) in [5.74, 6) is -0.574. The van der Waals surface area contributed by atoms with Crippen molar-refractivity contribution in [2.24, 2.45) is 13.0 Å². The maximum Gasteiger partial charge on any atom is 0.258 e. The third-order valence-electron chi connectivity index (χ3n) is 8.45. The fraction of sp³-hybridized carbons (Fsp3) is 0.353. The molecule has 2 N–H and O–H groups in total. The van der Waals surface area contributed by atoms with E-state index < -0.39 is 22.2 Å². The number of rotatable bonds is 9. The quantitative estimate of drug-likeness (QED) is 0.285. The number of amides is 2. The highest BCUT2D eigenvalue weighted by Crippen LogP contribution is 2.31. The Labute approximate surface area is 264 Å². The highest BCUT2D eigenvalue weighted by atomic mass is 32.2. The summed E-state index contributed by atoms with van der Waals surface area (Å²) >= 11 is 0. The van der Waals surface area contributed by atoms with Gasteiger partial charge in [-0.25, -0.2) is 8.42 Å². The zero-order chi connectivity index (χ0) is 32.5. The smallest absolute Gasteiger partial charge is 0.258 e. The molecule has 0 fully saturated rings. The highest BCUT2D eigenvalue weighted by Gasteiger charge is 2.35. The summed E-state index contributed by atoms with van der Waals surface area (Å²) in [4.78, 5) is 28.7. The second kappa shape index (κ2) is 13.0. The largest absolute Gasteiger partial charge is 0.488 e. The van der Waals surface area contributed by atoms with Crippen molar-refractivity contribution in [2.45, 2.75) is 44.2 Å². The molecular weight excluding hydrogens is 592 g/mol. The average molecular weight is 633 g/mol. The van der Waals surface area contributed by atoms with Crippen LogP contribution in [0.5, 0.6) is 5.75 Å². The summed E-state index contributed by atoms with van der Waals surface area (Å²) in [7, 11) is -0.346. The number of carbonyl (C=O) groups is 2. The number of fused-ring (bicyclic) bond motifs is 2. The van der Waals surface area contributed by atoms with Gasteiger partial charge in [0.05, 0.1) is 36.1 Å². The number of aliphatic hydroxyl groups is 1.